The average Bonchev–Trinajstić information content (AvgIpc) is 2.52. The number of rotatable bonds is 7. The molecule has 0 aliphatic carbocycles. The molecule has 0 aliphatic heterocycles. The van der Waals surface area contributed by atoms with Crippen LogP contribution in [-0.4, -0.2) is 18.6 Å². The van der Waals surface area contributed by atoms with Gasteiger partial charge in [-0.3, -0.25) is 4.79 Å². The fourth-order valence-electron chi connectivity index (χ4n) is 2.09. The average molecular weight is 367 g/mol. The number of carbonyl (C=O) groups is 1. The summed E-state index contributed by atoms with van der Waals surface area (Å²) < 4.78 is 5.73. The molecule has 0 spiro atoms. The third-order valence-corrected chi connectivity index (χ3v) is 3.68. The fourth-order valence-corrected chi connectivity index (χ4v) is 2.42. The van der Waals surface area contributed by atoms with Gasteiger partial charge < -0.3 is 15.4 Å². The Bertz CT molecular complexity index is 705. The largest absolute Gasteiger partial charge is 0.489 e. The number of benzene rings is 2. The number of ether oxygens (including phenoxy) is 1. The Morgan fingerprint density at radius 1 is 1.12 bits per heavy atom. The molecule has 24 heavy (non-hydrogen) atoms. The van der Waals surface area contributed by atoms with Crippen molar-refractivity contribution in [3.05, 3.63) is 52.5 Å². The summed E-state index contributed by atoms with van der Waals surface area (Å²) >= 11 is 11.9. The lowest BCUT2D eigenvalue weighted by molar-refractivity contribution is -0.115. The summed E-state index contributed by atoms with van der Waals surface area (Å²) in [6.07, 6.45) is 0.375. The molecular formula is C18H20Cl2N2O2. The van der Waals surface area contributed by atoms with E-state index in [1.807, 2.05) is 38.1 Å². The molecule has 2 rings (SSSR count). The molecular weight excluding hydrogens is 347 g/mol. The molecule has 6 heteroatoms. The molecule has 0 bridgehead atoms. The number of carbonyl (C=O) groups excluding carboxylic acids is 1. The number of hydrogen-bond acceptors (Lipinski definition) is 3. The minimum atomic E-state index is -0.145. The van der Waals surface area contributed by atoms with E-state index in [9.17, 15) is 4.79 Å². The van der Waals surface area contributed by atoms with Gasteiger partial charge >= 0.3 is 0 Å². The van der Waals surface area contributed by atoms with Crippen LogP contribution < -0.4 is 15.4 Å². The molecule has 0 saturated carbocycles. The molecule has 2 aromatic rings. The summed E-state index contributed by atoms with van der Waals surface area (Å²) in [6.45, 7) is 4.42. The van der Waals surface area contributed by atoms with Crippen LogP contribution in [0, 0.1) is 0 Å². The van der Waals surface area contributed by atoms with Crippen molar-refractivity contribution in [3.63, 3.8) is 0 Å². The van der Waals surface area contributed by atoms with Crippen molar-refractivity contribution in [3.8, 4) is 5.75 Å². The van der Waals surface area contributed by atoms with Gasteiger partial charge in [-0.15, -0.1) is 0 Å². The fraction of sp³-hybridized carbons (Fsp3) is 0.278. The highest BCUT2D eigenvalue weighted by molar-refractivity contribution is 6.35. The molecule has 0 aromatic heterocycles. The van der Waals surface area contributed by atoms with Gasteiger partial charge in [0.25, 0.3) is 0 Å². The number of para-hydroxylation sites is 2. The Hall–Kier alpha value is -1.91. The highest BCUT2D eigenvalue weighted by Crippen LogP contribution is 2.26. The van der Waals surface area contributed by atoms with E-state index in [4.69, 9.17) is 27.9 Å². The van der Waals surface area contributed by atoms with Crippen LogP contribution in [0.25, 0.3) is 0 Å². The number of anilines is 2. The van der Waals surface area contributed by atoms with Crippen LogP contribution in [0.3, 0.4) is 0 Å². The second-order valence-electron chi connectivity index (χ2n) is 5.51. The van der Waals surface area contributed by atoms with Gasteiger partial charge in [-0.2, -0.15) is 0 Å². The minimum absolute atomic E-state index is 0.0845. The smallest absolute Gasteiger partial charge is 0.226 e. The zero-order valence-electron chi connectivity index (χ0n) is 13.6. The van der Waals surface area contributed by atoms with E-state index in [1.165, 1.54) is 0 Å². The van der Waals surface area contributed by atoms with E-state index in [0.717, 1.165) is 11.4 Å². The monoisotopic (exact) mass is 366 g/mol. The van der Waals surface area contributed by atoms with Crippen LogP contribution in [0.15, 0.2) is 42.5 Å². The Morgan fingerprint density at radius 2 is 1.88 bits per heavy atom. The zero-order valence-corrected chi connectivity index (χ0v) is 15.1. The molecule has 0 radical (unpaired) electrons. The van der Waals surface area contributed by atoms with Crippen LogP contribution in [0.2, 0.25) is 10.0 Å². The number of hydrogen-bond donors (Lipinski definition) is 2. The van der Waals surface area contributed by atoms with Crippen LogP contribution in [0.1, 0.15) is 20.3 Å². The van der Waals surface area contributed by atoms with E-state index in [1.54, 1.807) is 18.2 Å². The van der Waals surface area contributed by atoms with Gasteiger partial charge in [0.1, 0.15) is 5.75 Å². The van der Waals surface area contributed by atoms with E-state index < -0.39 is 0 Å². The molecule has 4 nitrogen and oxygen atoms in total. The lowest BCUT2D eigenvalue weighted by Gasteiger charge is -2.15. The molecule has 2 aromatic carbocycles. The first-order valence-electron chi connectivity index (χ1n) is 7.70. The van der Waals surface area contributed by atoms with E-state index in [2.05, 4.69) is 10.6 Å². The highest BCUT2D eigenvalue weighted by Gasteiger charge is 2.08. The molecule has 2 N–H and O–H groups in total. The Labute approximate surface area is 152 Å². The summed E-state index contributed by atoms with van der Waals surface area (Å²) in [4.78, 5) is 12.0. The molecule has 0 unspecified atom stereocenters. The lowest BCUT2D eigenvalue weighted by atomic mass is 10.2. The maximum Gasteiger partial charge on any atom is 0.226 e. The van der Waals surface area contributed by atoms with Crippen molar-refractivity contribution in [2.75, 3.05) is 17.2 Å². The zero-order chi connectivity index (χ0) is 17.5. The second-order valence-corrected chi connectivity index (χ2v) is 6.36. The van der Waals surface area contributed by atoms with Gasteiger partial charge in [0.15, 0.2) is 0 Å². The van der Waals surface area contributed by atoms with Gasteiger partial charge in [0.2, 0.25) is 5.91 Å². The summed E-state index contributed by atoms with van der Waals surface area (Å²) in [6, 6.07) is 12.6. The number of halogens is 2. The predicted octanol–water partition coefficient (Wildman–Crippen LogP) is 5.22. The van der Waals surface area contributed by atoms with Crippen molar-refractivity contribution in [1.29, 1.82) is 0 Å². The number of nitrogens with one attached hydrogen (secondary N) is 2. The first-order valence-corrected chi connectivity index (χ1v) is 8.46. The first kappa shape index (κ1) is 18.4. The Morgan fingerprint density at radius 3 is 2.62 bits per heavy atom. The van der Waals surface area contributed by atoms with Gasteiger partial charge in [0.05, 0.1) is 22.5 Å². The van der Waals surface area contributed by atoms with Crippen LogP contribution in [0.4, 0.5) is 11.4 Å². The molecule has 0 atom stereocenters. The van der Waals surface area contributed by atoms with Crippen molar-refractivity contribution in [1.82, 2.24) is 0 Å². The van der Waals surface area contributed by atoms with Gasteiger partial charge in [-0.1, -0.05) is 35.3 Å². The van der Waals surface area contributed by atoms with Crippen LogP contribution in [0.5, 0.6) is 5.75 Å². The van der Waals surface area contributed by atoms with Crippen molar-refractivity contribution >= 4 is 40.5 Å². The third kappa shape index (κ3) is 5.62. The standard InChI is InChI=1S/C18H20Cl2N2O2/c1-12(2)24-17-6-4-3-5-15(17)21-10-9-18(23)22-16-11-13(19)7-8-14(16)20/h3-8,11-12,21H,9-10H2,1-2H3,(H,22,23). The molecule has 1 amide bonds. The Kier molecular flexibility index (Phi) is 6.76. The summed E-state index contributed by atoms with van der Waals surface area (Å²) in [5.74, 6) is 0.625. The molecule has 0 aliphatic rings. The van der Waals surface area contributed by atoms with Gasteiger partial charge in [-0.25, -0.2) is 0 Å². The summed E-state index contributed by atoms with van der Waals surface area (Å²) in [7, 11) is 0. The van der Waals surface area contributed by atoms with Crippen molar-refractivity contribution in [2.24, 2.45) is 0 Å². The van der Waals surface area contributed by atoms with Crippen molar-refractivity contribution in [2.45, 2.75) is 26.4 Å². The maximum absolute atomic E-state index is 12.0. The highest BCUT2D eigenvalue weighted by atomic mass is 35.5. The maximum atomic E-state index is 12.0. The van der Waals surface area contributed by atoms with Gasteiger partial charge in [-0.05, 0) is 44.2 Å². The quantitative estimate of drug-likeness (QED) is 0.705. The SMILES string of the molecule is CC(C)Oc1ccccc1NCCC(=O)Nc1cc(Cl)ccc1Cl. The molecule has 0 saturated heterocycles. The van der Waals surface area contributed by atoms with Gasteiger partial charge in [0, 0.05) is 18.0 Å². The molecule has 0 heterocycles. The lowest BCUT2D eigenvalue weighted by Crippen LogP contribution is -2.17. The summed E-state index contributed by atoms with van der Waals surface area (Å²) in [5.41, 5.74) is 1.37. The number of amides is 1. The second kappa shape index (κ2) is 8.81. The molecule has 128 valence electrons. The van der Waals surface area contributed by atoms with Crippen molar-refractivity contribution < 1.29 is 9.53 Å². The first-order chi connectivity index (χ1) is 11.5. The van der Waals surface area contributed by atoms with Crippen LogP contribution in [-0.2, 0) is 4.79 Å². The Balaban J connectivity index is 1.88. The van der Waals surface area contributed by atoms with E-state index in [-0.39, 0.29) is 12.0 Å². The normalized spacial score (nSPS) is 10.5. The van der Waals surface area contributed by atoms with Crippen LogP contribution >= 0.6 is 23.2 Å². The summed E-state index contributed by atoms with van der Waals surface area (Å²) in [5, 5.41) is 6.95. The third-order valence-electron chi connectivity index (χ3n) is 3.12. The topological polar surface area (TPSA) is 50.4 Å². The minimum Gasteiger partial charge on any atom is -0.489 e. The van der Waals surface area contributed by atoms with E-state index >= 15 is 0 Å². The van der Waals surface area contributed by atoms with E-state index in [0.29, 0.717) is 28.7 Å². The predicted molar refractivity (Wildman–Crippen MR) is 100 cm³/mol. The molecule has 0 fully saturated rings.